The van der Waals surface area contributed by atoms with Gasteiger partial charge in [-0.3, -0.25) is 0 Å². The quantitative estimate of drug-likeness (QED) is 0.132. The van der Waals surface area contributed by atoms with Crippen molar-refractivity contribution in [3.8, 4) is 11.5 Å². The molecule has 0 radical (unpaired) electrons. The van der Waals surface area contributed by atoms with E-state index in [0.717, 1.165) is 23.3 Å². The van der Waals surface area contributed by atoms with Crippen molar-refractivity contribution in [2.75, 3.05) is 14.2 Å². The Hall–Kier alpha value is -1.64. The van der Waals surface area contributed by atoms with E-state index in [9.17, 15) is 51.8 Å². The fourth-order valence-corrected chi connectivity index (χ4v) is 7.82. The Morgan fingerprint density at radius 2 is 0.764 bits per heavy atom. The van der Waals surface area contributed by atoms with Gasteiger partial charge in [0.2, 0.25) is 0 Å². The molecule has 6 rings (SSSR count). The average molecular weight is 928 g/mol. The molecule has 0 saturated heterocycles. The summed E-state index contributed by atoms with van der Waals surface area (Å²) in [7, 11) is -8.90. The molecule has 0 aromatic heterocycles. The van der Waals surface area contributed by atoms with E-state index in [1.165, 1.54) is 92.4 Å². The number of ether oxygens (including phenoxy) is 2. The Morgan fingerprint density at radius 3 is 0.964 bits per heavy atom. The second-order valence-corrected chi connectivity index (χ2v) is 15.2. The molecule has 2 fully saturated rings. The maximum absolute atomic E-state index is 9.75. The van der Waals surface area contributed by atoms with Crippen LogP contribution in [-0.2, 0) is 30.3 Å². The van der Waals surface area contributed by atoms with Gasteiger partial charge in [0, 0.05) is 21.7 Å². The van der Waals surface area contributed by atoms with Crippen LogP contribution < -0.4 is 20.1 Å². The van der Waals surface area contributed by atoms with Crippen LogP contribution in [0.5, 0.6) is 11.5 Å². The minimum atomic E-state index is -6.00. The van der Waals surface area contributed by atoms with Gasteiger partial charge in [-0.15, -0.1) is 18.5 Å². The van der Waals surface area contributed by atoms with E-state index in [2.05, 4.69) is 93.0 Å². The van der Waals surface area contributed by atoms with Crippen LogP contribution in [0.1, 0.15) is 95.6 Å². The molecular weight excluding hydrogens is 878 g/mol. The summed E-state index contributed by atoms with van der Waals surface area (Å²) in [5, 5.41) is 2.35. The number of para-hydroxylation sites is 2. The summed E-state index contributed by atoms with van der Waals surface area (Å²) >= 11 is 0. The van der Waals surface area contributed by atoms with Crippen molar-refractivity contribution in [1.82, 2.24) is 0 Å². The second kappa shape index (κ2) is 24.3. The van der Waals surface area contributed by atoms with Gasteiger partial charge < -0.3 is 61.3 Å². The Balaban J connectivity index is 0.000000690. The monoisotopic (exact) mass is 928 g/mol. The number of fused-ring (bicyclic) bond motifs is 2. The number of methoxy groups -OCH3 is 2. The van der Waals surface area contributed by atoms with Gasteiger partial charge in [-0.1, -0.05) is 113 Å². The third-order valence-electron chi connectivity index (χ3n) is 9.47. The van der Waals surface area contributed by atoms with E-state index >= 15 is 0 Å². The van der Waals surface area contributed by atoms with Gasteiger partial charge in [0.15, 0.2) is 0 Å². The number of hydrogen-bond donors (Lipinski definition) is 0. The van der Waals surface area contributed by atoms with Gasteiger partial charge in [0.05, 0.1) is 14.2 Å². The molecule has 314 valence electrons. The predicted molar refractivity (Wildman–Crippen MR) is 206 cm³/mol. The predicted octanol–water partition coefficient (Wildman–Crippen LogP) is 12.5. The van der Waals surface area contributed by atoms with Gasteiger partial charge in [-0.05, 0) is 54.8 Å². The normalized spacial score (nSPS) is 20.1. The van der Waals surface area contributed by atoms with Crippen molar-refractivity contribution in [1.29, 1.82) is 0 Å². The number of hydrogen-bond acceptors (Lipinski definition) is 2. The first kappa shape index (κ1) is 53.4. The van der Waals surface area contributed by atoms with E-state index in [1.54, 1.807) is 14.2 Å². The first-order valence-electron chi connectivity index (χ1n) is 17.6. The molecule has 0 heterocycles. The van der Waals surface area contributed by atoms with Crippen LogP contribution in [0.25, 0.3) is 0 Å². The van der Waals surface area contributed by atoms with Crippen molar-refractivity contribution in [2.24, 2.45) is 11.8 Å². The molecule has 4 aliphatic carbocycles. The van der Waals surface area contributed by atoms with Crippen molar-refractivity contribution < 1.29 is 80.7 Å². The Kier molecular flexibility index (Phi) is 23.6. The second-order valence-electron chi connectivity index (χ2n) is 13.9. The zero-order valence-corrected chi connectivity index (χ0v) is 35.2. The summed E-state index contributed by atoms with van der Waals surface area (Å²) in [4.78, 5) is 0. The zero-order chi connectivity index (χ0) is 41.4. The molecule has 2 unspecified atom stereocenters. The topological polar surface area (TPSA) is 18.5 Å². The number of benzene rings is 2. The first-order valence-corrected chi connectivity index (χ1v) is 18.8. The fourth-order valence-electron chi connectivity index (χ4n) is 7.05. The van der Waals surface area contributed by atoms with E-state index in [4.69, 9.17) is 9.47 Å². The van der Waals surface area contributed by atoms with E-state index in [-0.39, 0.29) is 19.5 Å². The third kappa shape index (κ3) is 22.8. The molecule has 2 atom stereocenters. The fraction of sp³-hybridized carbons (Fsp3) is 0.543. The van der Waals surface area contributed by atoms with Crippen LogP contribution in [-0.4, -0.2) is 36.0 Å². The van der Waals surface area contributed by atoms with Gasteiger partial charge in [-0.25, -0.2) is 0 Å². The molecule has 2 nitrogen and oxygen atoms in total. The van der Waals surface area contributed by atoms with Crippen molar-refractivity contribution >= 4 is 50.9 Å². The van der Waals surface area contributed by atoms with Gasteiger partial charge in [-0.2, -0.15) is 0 Å². The van der Waals surface area contributed by atoms with Crippen LogP contribution in [0.15, 0.2) is 60.7 Å². The molecule has 0 N–H and O–H groups in total. The molecule has 55 heavy (non-hydrogen) atoms. The molecule has 0 amide bonds. The van der Waals surface area contributed by atoms with Crippen LogP contribution >= 0.6 is 18.5 Å². The van der Waals surface area contributed by atoms with Crippen LogP contribution in [0.4, 0.5) is 51.8 Å². The van der Waals surface area contributed by atoms with Crippen LogP contribution in [0.3, 0.4) is 0 Å². The van der Waals surface area contributed by atoms with Crippen molar-refractivity contribution in [3.63, 3.8) is 0 Å². The smallest absolute Gasteiger partial charge is 0.496 e. The Labute approximate surface area is 335 Å². The molecule has 2 aromatic rings. The molecule has 0 spiro atoms. The SMILES string of the molecule is C1=CC2C=CC1C2.COc1c(P)cccc1C1(C)CCCCC1.COc1c(P)cccc1C1(C)CCCCC1.F[B-](F)(F)F.F[B-](F)(F)F.F[B-](F)(F)F.[Rh+3]. The summed E-state index contributed by atoms with van der Waals surface area (Å²) in [5.41, 5.74) is 3.41. The molecular formula is C35H50B3F12O2P2Rh. The van der Waals surface area contributed by atoms with Crippen molar-refractivity contribution in [3.05, 3.63) is 71.8 Å². The molecule has 20 heteroatoms. The van der Waals surface area contributed by atoms with Crippen LogP contribution in [0.2, 0.25) is 0 Å². The number of allylic oxidation sites excluding steroid dienone is 4. The van der Waals surface area contributed by atoms with E-state index in [1.807, 2.05) is 0 Å². The average Bonchev–Trinajstić information content (AvgIpc) is 3.70. The third-order valence-corrected chi connectivity index (χ3v) is 10.4. The molecule has 2 bridgehead atoms. The summed E-state index contributed by atoms with van der Waals surface area (Å²) in [5.74, 6) is 3.75. The standard InChI is InChI=1S/2C14H21OP.C7H8.3BF4.Rh/c2*1-14(9-4-3-5-10-14)11-7-6-8-12(16)13(11)15-2;1-2-7-4-3-6(1)5-7;3*2-1(3,4)5;/h2*6-8H,3-5,9-10,16H2,1-2H3;1-4,6-7H,5H2;;;;/q;;;3*-1;+3. The molecule has 2 saturated carbocycles. The summed E-state index contributed by atoms with van der Waals surface area (Å²) in [6.45, 7) is 4.77. The van der Waals surface area contributed by atoms with Crippen LogP contribution in [0, 0.1) is 11.8 Å². The maximum atomic E-state index is 9.75. The summed E-state index contributed by atoms with van der Waals surface area (Å²) in [6.07, 6.45) is 23.9. The minimum Gasteiger partial charge on any atom is -0.496 e. The molecule has 4 aliphatic rings. The summed E-state index contributed by atoms with van der Waals surface area (Å²) < 4.78 is 128. The van der Waals surface area contributed by atoms with Crippen molar-refractivity contribution in [2.45, 2.75) is 95.3 Å². The number of halogens is 12. The molecule has 2 aromatic carbocycles. The van der Waals surface area contributed by atoms with Gasteiger partial charge in [0.25, 0.3) is 0 Å². The van der Waals surface area contributed by atoms with E-state index < -0.39 is 21.8 Å². The van der Waals surface area contributed by atoms with E-state index in [0.29, 0.717) is 10.8 Å². The van der Waals surface area contributed by atoms with Gasteiger partial charge >= 0.3 is 41.2 Å². The largest absolute Gasteiger partial charge is 3.00 e. The Bertz CT molecular complexity index is 1320. The molecule has 0 aliphatic heterocycles. The maximum Gasteiger partial charge on any atom is 3.00 e. The Morgan fingerprint density at radius 1 is 0.509 bits per heavy atom. The summed E-state index contributed by atoms with van der Waals surface area (Å²) in [6, 6.07) is 12.9. The zero-order valence-electron chi connectivity index (χ0n) is 31.3. The van der Waals surface area contributed by atoms with Gasteiger partial charge in [0.1, 0.15) is 11.5 Å². The first-order chi connectivity index (χ1) is 24.8. The number of rotatable bonds is 4. The minimum absolute atomic E-state index is 0.